The summed E-state index contributed by atoms with van der Waals surface area (Å²) in [7, 11) is 1.40. The third-order valence-corrected chi connectivity index (χ3v) is 4.50. The van der Waals surface area contributed by atoms with E-state index in [-0.39, 0.29) is 29.2 Å². The lowest BCUT2D eigenvalue weighted by atomic mass is 9.60. The van der Waals surface area contributed by atoms with Crippen LogP contribution in [0.25, 0.3) is 0 Å². The third-order valence-electron chi connectivity index (χ3n) is 4.50. The Labute approximate surface area is 135 Å². The molecule has 0 saturated heterocycles. The van der Waals surface area contributed by atoms with Gasteiger partial charge in [-0.25, -0.2) is 0 Å². The molecular weight excluding hydrogens is 280 g/mol. The van der Waals surface area contributed by atoms with Gasteiger partial charge in [-0.2, -0.15) is 0 Å². The summed E-state index contributed by atoms with van der Waals surface area (Å²) in [6.07, 6.45) is 0.660. The lowest BCUT2D eigenvalue weighted by Crippen LogP contribution is -2.55. The normalized spacial score (nSPS) is 16.9. The smallest absolute Gasteiger partial charge is 0.309 e. The van der Waals surface area contributed by atoms with Crippen molar-refractivity contribution in [3.05, 3.63) is 0 Å². The average molecular weight is 314 g/mol. The largest absolute Gasteiger partial charge is 0.469 e. The Morgan fingerprint density at radius 3 is 1.73 bits per heavy atom. The molecule has 0 aliphatic rings. The second-order valence-electron chi connectivity index (χ2n) is 8.53. The second kappa shape index (κ2) is 7.01. The van der Waals surface area contributed by atoms with Gasteiger partial charge in [0, 0.05) is 12.3 Å². The molecule has 0 aliphatic carbocycles. The van der Waals surface area contributed by atoms with E-state index in [2.05, 4.69) is 20.8 Å². The summed E-state index contributed by atoms with van der Waals surface area (Å²) in [6, 6.07) is 0. The molecule has 4 heteroatoms. The fourth-order valence-corrected chi connectivity index (χ4v) is 3.58. The molecule has 0 aliphatic heterocycles. The maximum atomic E-state index is 12.3. The number of esters is 2. The van der Waals surface area contributed by atoms with Crippen molar-refractivity contribution in [3.63, 3.8) is 0 Å². The zero-order valence-corrected chi connectivity index (χ0v) is 16.0. The van der Waals surface area contributed by atoms with Crippen molar-refractivity contribution in [3.8, 4) is 0 Å². The number of ether oxygens (including phenoxy) is 2. The van der Waals surface area contributed by atoms with E-state index in [0.29, 0.717) is 6.42 Å². The summed E-state index contributed by atoms with van der Waals surface area (Å²) in [5, 5.41) is 0. The van der Waals surface area contributed by atoms with E-state index in [1.807, 2.05) is 34.6 Å². The predicted molar refractivity (Wildman–Crippen MR) is 88.4 cm³/mol. The van der Waals surface area contributed by atoms with Crippen LogP contribution >= 0.6 is 0 Å². The van der Waals surface area contributed by atoms with Crippen molar-refractivity contribution in [1.82, 2.24) is 0 Å². The molecule has 0 aromatic rings. The van der Waals surface area contributed by atoms with Gasteiger partial charge < -0.3 is 9.47 Å². The highest BCUT2D eigenvalue weighted by molar-refractivity contribution is 5.74. The van der Waals surface area contributed by atoms with Gasteiger partial charge in [0.25, 0.3) is 0 Å². The fraction of sp³-hybridized carbons (Fsp3) is 0.889. The lowest BCUT2D eigenvalue weighted by molar-refractivity contribution is -0.191. The van der Waals surface area contributed by atoms with Crippen LogP contribution in [0.4, 0.5) is 0 Å². The van der Waals surface area contributed by atoms with Crippen molar-refractivity contribution in [2.75, 3.05) is 7.11 Å². The Morgan fingerprint density at radius 2 is 1.45 bits per heavy atom. The zero-order chi connectivity index (χ0) is 17.9. The molecule has 0 aromatic heterocycles. The number of hydrogen-bond donors (Lipinski definition) is 0. The van der Waals surface area contributed by atoms with Crippen LogP contribution in [0.1, 0.15) is 68.7 Å². The minimum Gasteiger partial charge on any atom is -0.469 e. The van der Waals surface area contributed by atoms with Gasteiger partial charge in [0.1, 0.15) is 5.60 Å². The topological polar surface area (TPSA) is 52.6 Å². The molecule has 4 nitrogen and oxygen atoms in total. The molecule has 0 amide bonds. The van der Waals surface area contributed by atoms with Crippen LogP contribution in [0.15, 0.2) is 0 Å². The minimum atomic E-state index is -0.764. The van der Waals surface area contributed by atoms with Gasteiger partial charge in [-0.15, -0.1) is 0 Å². The third kappa shape index (κ3) is 4.99. The van der Waals surface area contributed by atoms with Crippen LogP contribution in [0, 0.1) is 22.7 Å². The Kier molecular flexibility index (Phi) is 6.67. The Morgan fingerprint density at radius 1 is 1.00 bits per heavy atom. The lowest BCUT2D eigenvalue weighted by Gasteiger charge is -2.50. The van der Waals surface area contributed by atoms with Gasteiger partial charge in [0.2, 0.25) is 0 Å². The van der Waals surface area contributed by atoms with Gasteiger partial charge in [-0.1, -0.05) is 48.5 Å². The first-order valence-electron chi connectivity index (χ1n) is 7.95. The first kappa shape index (κ1) is 20.9. The standard InChI is InChI=1S/C18H34O4/c1-12(2)14(15(20)21-10)17(7,8)18(9,22-13(3)19)11-16(4,5)6/h12,14H,11H2,1-10H3. The number of hydrogen-bond acceptors (Lipinski definition) is 4. The molecule has 0 heterocycles. The molecule has 130 valence electrons. The Hall–Kier alpha value is -1.06. The van der Waals surface area contributed by atoms with E-state index in [0.717, 1.165) is 0 Å². The number of methoxy groups -OCH3 is 1. The number of carbonyl (C=O) groups is 2. The van der Waals surface area contributed by atoms with Gasteiger partial charge in [-0.3, -0.25) is 9.59 Å². The first-order valence-corrected chi connectivity index (χ1v) is 7.95. The second-order valence-corrected chi connectivity index (χ2v) is 8.53. The Balaban J connectivity index is 5.95. The predicted octanol–water partition coefficient (Wildman–Crippen LogP) is 4.22. The molecule has 2 unspecified atom stereocenters. The number of carbonyl (C=O) groups excluding carboxylic acids is 2. The van der Waals surface area contributed by atoms with E-state index in [1.54, 1.807) is 0 Å². The maximum Gasteiger partial charge on any atom is 0.309 e. The van der Waals surface area contributed by atoms with E-state index >= 15 is 0 Å². The highest BCUT2D eigenvalue weighted by Crippen LogP contribution is 2.49. The molecule has 0 bridgehead atoms. The van der Waals surface area contributed by atoms with Crippen LogP contribution in [-0.2, 0) is 19.1 Å². The van der Waals surface area contributed by atoms with Gasteiger partial charge in [-0.05, 0) is 24.7 Å². The monoisotopic (exact) mass is 314 g/mol. The fourth-order valence-electron chi connectivity index (χ4n) is 3.58. The molecule has 22 heavy (non-hydrogen) atoms. The molecule has 0 fully saturated rings. The van der Waals surface area contributed by atoms with Crippen LogP contribution < -0.4 is 0 Å². The van der Waals surface area contributed by atoms with Crippen LogP contribution in [0.2, 0.25) is 0 Å². The molecule has 0 aromatic carbocycles. The van der Waals surface area contributed by atoms with Crippen molar-refractivity contribution in [1.29, 1.82) is 0 Å². The summed E-state index contributed by atoms with van der Waals surface area (Å²) in [5.41, 5.74) is -1.37. The molecular formula is C18H34O4. The van der Waals surface area contributed by atoms with Gasteiger partial charge in [0.15, 0.2) is 0 Å². The van der Waals surface area contributed by atoms with Crippen molar-refractivity contribution >= 4 is 11.9 Å². The molecule has 0 radical (unpaired) electrons. The summed E-state index contributed by atoms with van der Waals surface area (Å²) >= 11 is 0. The molecule has 0 spiro atoms. The van der Waals surface area contributed by atoms with E-state index < -0.39 is 11.0 Å². The van der Waals surface area contributed by atoms with Crippen LogP contribution in [0.5, 0.6) is 0 Å². The van der Waals surface area contributed by atoms with Crippen molar-refractivity contribution < 1.29 is 19.1 Å². The van der Waals surface area contributed by atoms with Gasteiger partial charge >= 0.3 is 11.9 Å². The highest BCUT2D eigenvalue weighted by Gasteiger charge is 2.54. The summed E-state index contributed by atoms with van der Waals surface area (Å²) in [5.74, 6) is -0.860. The Bertz CT molecular complexity index is 404. The van der Waals surface area contributed by atoms with Crippen molar-refractivity contribution in [2.24, 2.45) is 22.7 Å². The minimum absolute atomic E-state index is 0.0425. The van der Waals surface area contributed by atoms with E-state index in [4.69, 9.17) is 9.47 Å². The van der Waals surface area contributed by atoms with Crippen molar-refractivity contribution in [2.45, 2.75) is 74.3 Å². The van der Waals surface area contributed by atoms with Gasteiger partial charge in [0.05, 0.1) is 13.0 Å². The average Bonchev–Trinajstić information content (AvgIpc) is 2.23. The zero-order valence-electron chi connectivity index (χ0n) is 16.0. The van der Waals surface area contributed by atoms with E-state index in [9.17, 15) is 9.59 Å². The summed E-state index contributed by atoms with van der Waals surface area (Å²) < 4.78 is 10.8. The quantitative estimate of drug-likeness (QED) is 0.689. The first-order chi connectivity index (χ1) is 9.68. The van der Waals surface area contributed by atoms with Crippen LogP contribution in [-0.4, -0.2) is 24.6 Å². The molecule has 2 atom stereocenters. The van der Waals surface area contributed by atoms with E-state index in [1.165, 1.54) is 14.0 Å². The number of rotatable bonds is 6. The molecule has 0 saturated carbocycles. The molecule has 0 rings (SSSR count). The highest BCUT2D eigenvalue weighted by atomic mass is 16.6. The SMILES string of the molecule is COC(=O)C(C(C)C)C(C)(C)C(C)(CC(C)(C)C)OC(C)=O. The van der Waals surface area contributed by atoms with Crippen LogP contribution in [0.3, 0.4) is 0 Å². The molecule has 0 N–H and O–H groups in total. The maximum absolute atomic E-state index is 12.3. The summed E-state index contributed by atoms with van der Waals surface area (Å²) in [6.45, 7) is 17.6. The summed E-state index contributed by atoms with van der Waals surface area (Å²) in [4.78, 5) is 24.0.